The highest BCUT2D eigenvalue weighted by molar-refractivity contribution is 5.83. The van der Waals surface area contributed by atoms with Crippen LogP contribution >= 0.6 is 0 Å². The largest absolute Gasteiger partial charge is 0.361 e. The Kier molecular flexibility index (Phi) is 2.91. The number of hydrogen-bond donors (Lipinski definition) is 2. The number of anilines is 1. The summed E-state index contributed by atoms with van der Waals surface area (Å²) in [6.45, 7) is 0. The second-order valence-electron chi connectivity index (χ2n) is 6.18. The van der Waals surface area contributed by atoms with Crippen LogP contribution in [0.3, 0.4) is 0 Å². The van der Waals surface area contributed by atoms with Gasteiger partial charge in [-0.2, -0.15) is 10.1 Å². The summed E-state index contributed by atoms with van der Waals surface area (Å²) in [5.74, 6) is 0.824. The maximum absolute atomic E-state index is 4.46. The van der Waals surface area contributed by atoms with Gasteiger partial charge in [0.2, 0.25) is 5.95 Å². The lowest BCUT2D eigenvalue weighted by molar-refractivity contribution is 0.433. The van der Waals surface area contributed by atoms with E-state index in [0.717, 1.165) is 17.9 Å². The van der Waals surface area contributed by atoms with Crippen LogP contribution in [0.1, 0.15) is 29.6 Å². The van der Waals surface area contributed by atoms with Crippen molar-refractivity contribution in [2.75, 3.05) is 5.32 Å². The molecule has 2 atom stereocenters. The molecular formula is C19H17N5. The Morgan fingerprint density at radius 2 is 1.83 bits per heavy atom. The standard InChI is InChI=1S/C19H17N5/c1-2-6-13(7-3-1)17-10-18(24-19(23-17)21-12-22-24)15-11-20-16-9-5-4-8-14(15)16/h1-9,11-12,17-18,20H,10H2,(H,21,22,23). The van der Waals surface area contributed by atoms with E-state index in [4.69, 9.17) is 0 Å². The van der Waals surface area contributed by atoms with Gasteiger partial charge in [0.1, 0.15) is 6.33 Å². The van der Waals surface area contributed by atoms with Gasteiger partial charge in [-0.05, 0) is 18.1 Å². The molecule has 2 unspecified atom stereocenters. The van der Waals surface area contributed by atoms with E-state index in [2.05, 4.69) is 75.1 Å². The number of benzene rings is 2. The third kappa shape index (κ3) is 2.01. The monoisotopic (exact) mass is 315 g/mol. The van der Waals surface area contributed by atoms with Crippen LogP contribution in [0.25, 0.3) is 10.9 Å². The fraction of sp³-hybridized carbons (Fsp3) is 0.158. The molecule has 2 aromatic carbocycles. The van der Waals surface area contributed by atoms with Crippen LogP contribution in [-0.2, 0) is 0 Å². The average Bonchev–Trinajstić information content (AvgIpc) is 3.28. The Morgan fingerprint density at radius 1 is 1.00 bits per heavy atom. The second-order valence-corrected chi connectivity index (χ2v) is 6.18. The van der Waals surface area contributed by atoms with Crippen LogP contribution in [-0.4, -0.2) is 19.7 Å². The van der Waals surface area contributed by atoms with Crippen LogP contribution in [0.5, 0.6) is 0 Å². The Bertz CT molecular complexity index is 985. The van der Waals surface area contributed by atoms with Crippen molar-refractivity contribution in [2.45, 2.75) is 18.5 Å². The maximum Gasteiger partial charge on any atom is 0.222 e. The van der Waals surface area contributed by atoms with Crippen molar-refractivity contribution >= 4 is 16.9 Å². The lowest BCUT2D eigenvalue weighted by Gasteiger charge is -2.31. The van der Waals surface area contributed by atoms with Gasteiger partial charge in [-0.25, -0.2) is 4.68 Å². The highest BCUT2D eigenvalue weighted by atomic mass is 15.4. The van der Waals surface area contributed by atoms with E-state index in [0.29, 0.717) is 0 Å². The van der Waals surface area contributed by atoms with Crippen LogP contribution in [0.2, 0.25) is 0 Å². The normalized spacial score (nSPS) is 19.8. The van der Waals surface area contributed by atoms with Gasteiger partial charge in [0.15, 0.2) is 0 Å². The highest BCUT2D eigenvalue weighted by Crippen LogP contribution is 2.39. The first-order valence-electron chi connectivity index (χ1n) is 8.17. The van der Waals surface area contributed by atoms with Crippen LogP contribution in [0.15, 0.2) is 67.1 Å². The van der Waals surface area contributed by atoms with Crippen molar-refractivity contribution in [3.8, 4) is 0 Å². The third-order valence-corrected chi connectivity index (χ3v) is 4.81. The van der Waals surface area contributed by atoms with E-state index < -0.39 is 0 Å². The number of nitrogens with zero attached hydrogens (tertiary/aromatic N) is 3. The Morgan fingerprint density at radius 3 is 2.75 bits per heavy atom. The highest BCUT2D eigenvalue weighted by Gasteiger charge is 2.31. The number of nitrogens with one attached hydrogen (secondary N) is 2. The molecule has 2 aromatic heterocycles. The zero-order valence-corrected chi connectivity index (χ0v) is 13.1. The predicted octanol–water partition coefficient (Wildman–Crippen LogP) is 3.91. The van der Waals surface area contributed by atoms with Crippen molar-refractivity contribution in [1.82, 2.24) is 19.7 Å². The van der Waals surface area contributed by atoms with Gasteiger partial charge in [0.25, 0.3) is 0 Å². The first kappa shape index (κ1) is 13.4. The molecule has 24 heavy (non-hydrogen) atoms. The lowest BCUT2D eigenvalue weighted by Crippen LogP contribution is -2.27. The van der Waals surface area contributed by atoms with E-state index >= 15 is 0 Å². The minimum absolute atomic E-state index is 0.158. The first-order valence-corrected chi connectivity index (χ1v) is 8.17. The molecule has 0 radical (unpaired) electrons. The lowest BCUT2D eigenvalue weighted by atomic mass is 9.93. The molecule has 0 fully saturated rings. The number of H-pyrrole nitrogens is 1. The van der Waals surface area contributed by atoms with Gasteiger partial charge in [0, 0.05) is 22.7 Å². The topological polar surface area (TPSA) is 58.5 Å². The summed E-state index contributed by atoms with van der Waals surface area (Å²) in [4.78, 5) is 7.78. The summed E-state index contributed by atoms with van der Waals surface area (Å²) in [5, 5.41) is 9.22. The number of hydrogen-bond acceptors (Lipinski definition) is 3. The van der Waals surface area contributed by atoms with E-state index in [1.165, 1.54) is 16.5 Å². The smallest absolute Gasteiger partial charge is 0.222 e. The Labute approximate surface area is 139 Å². The van der Waals surface area contributed by atoms with Crippen molar-refractivity contribution in [3.63, 3.8) is 0 Å². The van der Waals surface area contributed by atoms with Gasteiger partial charge >= 0.3 is 0 Å². The molecule has 5 rings (SSSR count). The summed E-state index contributed by atoms with van der Waals surface area (Å²) in [5.41, 5.74) is 3.69. The summed E-state index contributed by atoms with van der Waals surface area (Å²) >= 11 is 0. The molecule has 1 aliphatic heterocycles. The number of aromatic nitrogens is 4. The molecule has 3 heterocycles. The van der Waals surface area contributed by atoms with Crippen molar-refractivity contribution < 1.29 is 0 Å². The fourth-order valence-electron chi connectivity index (χ4n) is 3.65. The van der Waals surface area contributed by atoms with Gasteiger partial charge in [-0.3, -0.25) is 0 Å². The average molecular weight is 315 g/mol. The second kappa shape index (κ2) is 5.23. The fourth-order valence-corrected chi connectivity index (χ4v) is 3.65. The van der Waals surface area contributed by atoms with Crippen molar-refractivity contribution in [2.24, 2.45) is 0 Å². The van der Waals surface area contributed by atoms with Crippen LogP contribution < -0.4 is 5.32 Å². The zero-order valence-electron chi connectivity index (χ0n) is 13.1. The van der Waals surface area contributed by atoms with Crippen LogP contribution in [0, 0.1) is 0 Å². The van der Waals surface area contributed by atoms with Crippen molar-refractivity contribution in [1.29, 1.82) is 0 Å². The summed E-state index contributed by atoms with van der Waals surface area (Å²) in [6, 6.07) is 19.3. The summed E-state index contributed by atoms with van der Waals surface area (Å²) in [7, 11) is 0. The molecule has 1 aliphatic rings. The van der Waals surface area contributed by atoms with E-state index in [1.54, 1.807) is 6.33 Å². The Balaban J connectivity index is 1.62. The minimum atomic E-state index is 0.158. The molecule has 0 saturated carbocycles. The third-order valence-electron chi connectivity index (χ3n) is 4.81. The molecule has 0 bridgehead atoms. The molecule has 5 nitrogen and oxygen atoms in total. The molecular weight excluding hydrogens is 298 g/mol. The predicted molar refractivity (Wildman–Crippen MR) is 93.9 cm³/mol. The molecule has 0 aliphatic carbocycles. The molecule has 4 aromatic rings. The van der Waals surface area contributed by atoms with Gasteiger partial charge in [-0.1, -0.05) is 48.5 Å². The van der Waals surface area contributed by atoms with Crippen molar-refractivity contribution in [3.05, 3.63) is 78.2 Å². The van der Waals surface area contributed by atoms with E-state index in [9.17, 15) is 0 Å². The Hall–Kier alpha value is -3.08. The molecule has 0 saturated heterocycles. The number of rotatable bonds is 2. The quantitative estimate of drug-likeness (QED) is 0.590. The number of fused-ring (bicyclic) bond motifs is 2. The van der Waals surface area contributed by atoms with Gasteiger partial charge in [0.05, 0.1) is 12.1 Å². The number of aromatic amines is 1. The molecule has 2 N–H and O–H groups in total. The SMILES string of the molecule is c1ccc(C2CC(c3c[nH]c4ccccc34)n3ncnc3N2)cc1. The molecule has 0 amide bonds. The van der Waals surface area contributed by atoms with Crippen LogP contribution in [0.4, 0.5) is 5.95 Å². The first-order chi connectivity index (χ1) is 11.9. The van der Waals surface area contributed by atoms with E-state index in [-0.39, 0.29) is 12.1 Å². The summed E-state index contributed by atoms with van der Waals surface area (Å²) < 4.78 is 2.00. The maximum atomic E-state index is 4.46. The molecule has 0 spiro atoms. The molecule has 5 heteroatoms. The van der Waals surface area contributed by atoms with E-state index in [1.807, 2.05) is 10.7 Å². The minimum Gasteiger partial charge on any atom is -0.361 e. The summed E-state index contributed by atoms with van der Waals surface area (Å²) in [6.07, 6.45) is 4.66. The van der Waals surface area contributed by atoms with Gasteiger partial charge in [-0.15, -0.1) is 0 Å². The number of para-hydroxylation sites is 1. The van der Waals surface area contributed by atoms with Gasteiger partial charge < -0.3 is 10.3 Å². The molecule has 118 valence electrons. The zero-order chi connectivity index (χ0) is 15.9.